The summed E-state index contributed by atoms with van der Waals surface area (Å²) >= 11 is 0. The lowest BCUT2D eigenvalue weighted by atomic mass is 9.90. The lowest BCUT2D eigenvalue weighted by Crippen LogP contribution is -2.68. The third-order valence-corrected chi connectivity index (χ3v) is 6.55. The zero-order chi connectivity index (χ0) is 26.1. The first-order chi connectivity index (χ1) is 16.3. The topological polar surface area (TPSA) is 180 Å². The Balaban J connectivity index is 0.00000456. The second kappa shape index (κ2) is 11.7. The molecule has 0 unspecified atom stereocenters. The minimum Gasteiger partial charge on any atom is -0.507 e. The maximum Gasteiger partial charge on any atom is 0.342 e. The van der Waals surface area contributed by atoms with Gasteiger partial charge in [-0.2, -0.15) is 0 Å². The zero-order valence-corrected chi connectivity index (χ0v) is 21.6. The highest BCUT2D eigenvalue weighted by molar-refractivity contribution is 5.95. The average Bonchev–Trinajstić information content (AvgIpc) is 2.74. The number of benzene rings is 1. The molecule has 36 heavy (non-hydrogen) atoms. The van der Waals surface area contributed by atoms with Crippen LogP contribution in [0.4, 0.5) is 0 Å². The number of nitrogens with one attached hydrogen (secondary N) is 2. The Hall–Kier alpha value is -2.44. The molecule has 0 spiro atoms. The number of carbonyl (C=O) groups excluding carboxylic acids is 3. The smallest absolute Gasteiger partial charge is 0.342 e. The normalized spacial score (nSPS) is 29.4. The molecule has 2 heterocycles. The molecule has 0 radical (unpaired) electrons. The largest absolute Gasteiger partial charge is 0.507 e. The number of halogens is 1. The van der Waals surface area contributed by atoms with Gasteiger partial charge in [0, 0.05) is 18.9 Å². The molecule has 12 heteroatoms. The predicted octanol–water partition coefficient (Wildman–Crippen LogP) is 0.117. The first-order valence-corrected chi connectivity index (χ1v) is 11.7. The quantitative estimate of drug-likeness (QED) is 0.255. The number of ether oxygens (including phenoxy) is 2. The molecule has 1 fully saturated rings. The number of primary amides is 1. The third kappa shape index (κ3) is 6.65. The molecule has 0 bridgehead atoms. The Morgan fingerprint density at radius 2 is 2.00 bits per heavy atom. The number of fused-ring (bicyclic) bond motifs is 1. The van der Waals surface area contributed by atoms with Crippen molar-refractivity contribution in [2.24, 2.45) is 11.7 Å². The minimum atomic E-state index is -1.75. The van der Waals surface area contributed by atoms with Crippen LogP contribution in [-0.2, 0) is 25.5 Å². The monoisotopic (exact) mass is 529 g/mol. The first kappa shape index (κ1) is 29.8. The van der Waals surface area contributed by atoms with Crippen LogP contribution in [0.25, 0.3) is 0 Å². The molecule has 3 rings (SSSR count). The molecule has 1 aromatic rings. The summed E-state index contributed by atoms with van der Waals surface area (Å²) in [7, 11) is 0. The SMILES string of the molecule is CC(C)C[C@H](NC(=O)[C@@H](O)[C@H]1O[C@](C)(O)[C@H](C)N[C@H]1CC(N)=O)[C@@H]1Cc2cccc(O)c2C(=O)O1.Cl. The Labute approximate surface area is 216 Å². The van der Waals surface area contributed by atoms with Gasteiger partial charge in [-0.3, -0.25) is 9.59 Å². The standard InChI is InChI=1S/C24H35N3O8.ClH/c1-11(2)8-14(17-9-13-6-5-7-16(28)19(13)23(32)34-17)27-22(31)20(30)21-15(10-18(25)29)26-12(3)24(4,33)35-21;/h5-7,11-12,14-15,17,20-21,26,28,30,33H,8-10H2,1-4H3,(H2,25,29)(H,27,31);1H/t12-,14-,15-,17-,20-,21-,24-;/m0./s1. The minimum absolute atomic E-state index is 0. The molecule has 7 N–H and O–H groups in total. The fraction of sp³-hybridized carbons (Fsp3) is 0.625. The van der Waals surface area contributed by atoms with E-state index >= 15 is 0 Å². The van der Waals surface area contributed by atoms with Crippen LogP contribution >= 0.6 is 12.4 Å². The molecule has 2 aliphatic heterocycles. The number of phenolic OH excluding ortho intramolecular Hbond substituents is 1. The lowest BCUT2D eigenvalue weighted by molar-refractivity contribution is -0.276. The van der Waals surface area contributed by atoms with Gasteiger partial charge in [0.05, 0.1) is 12.1 Å². The number of aliphatic hydroxyl groups is 2. The van der Waals surface area contributed by atoms with E-state index in [9.17, 15) is 29.7 Å². The van der Waals surface area contributed by atoms with Gasteiger partial charge >= 0.3 is 5.97 Å². The first-order valence-electron chi connectivity index (χ1n) is 11.7. The van der Waals surface area contributed by atoms with E-state index in [2.05, 4.69) is 10.6 Å². The fourth-order valence-corrected chi connectivity index (χ4v) is 4.61. The van der Waals surface area contributed by atoms with E-state index in [0.717, 1.165) is 0 Å². The lowest BCUT2D eigenvalue weighted by Gasteiger charge is -2.46. The number of hydrogen-bond acceptors (Lipinski definition) is 9. The molecule has 202 valence electrons. The van der Waals surface area contributed by atoms with Gasteiger partial charge in [0.2, 0.25) is 5.91 Å². The second-order valence-electron chi connectivity index (χ2n) is 9.95. The van der Waals surface area contributed by atoms with E-state index in [1.165, 1.54) is 13.0 Å². The van der Waals surface area contributed by atoms with E-state index in [4.69, 9.17) is 15.2 Å². The van der Waals surface area contributed by atoms with Gasteiger partial charge in [-0.25, -0.2) is 4.79 Å². The van der Waals surface area contributed by atoms with E-state index in [1.807, 2.05) is 13.8 Å². The maximum absolute atomic E-state index is 13.1. The molecule has 11 nitrogen and oxygen atoms in total. The molecule has 2 amide bonds. The highest BCUT2D eigenvalue weighted by atomic mass is 35.5. The van der Waals surface area contributed by atoms with Crippen LogP contribution in [-0.4, -0.2) is 75.3 Å². The number of cyclic esters (lactones) is 1. The summed E-state index contributed by atoms with van der Waals surface area (Å²) in [5, 5.41) is 37.2. The Bertz CT molecular complexity index is 973. The molecule has 7 atom stereocenters. The van der Waals surface area contributed by atoms with Crippen molar-refractivity contribution in [3.05, 3.63) is 29.3 Å². The Morgan fingerprint density at radius 3 is 2.61 bits per heavy atom. The Morgan fingerprint density at radius 1 is 1.33 bits per heavy atom. The molecule has 0 aromatic heterocycles. The van der Waals surface area contributed by atoms with Crippen molar-refractivity contribution in [2.45, 2.75) is 89.2 Å². The van der Waals surface area contributed by atoms with Gasteiger partial charge in [-0.1, -0.05) is 26.0 Å². The van der Waals surface area contributed by atoms with Crippen LogP contribution < -0.4 is 16.4 Å². The van der Waals surface area contributed by atoms with E-state index in [0.29, 0.717) is 12.0 Å². The van der Waals surface area contributed by atoms with Crippen LogP contribution in [0.5, 0.6) is 5.75 Å². The van der Waals surface area contributed by atoms with Crippen molar-refractivity contribution in [3.8, 4) is 5.75 Å². The van der Waals surface area contributed by atoms with Gasteiger partial charge in [0.1, 0.15) is 23.5 Å². The van der Waals surface area contributed by atoms with E-state index in [1.54, 1.807) is 19.1 Å². The number of morpholine rings is 1. The average molecular weight is 530 g/mol. The molecule has 0 aliphatic carbocycles. The van der Waals surface area contributed by atoms with Crippen molar-refractivity contribution in [3.63, 3.8) is 0 Å². The number of hydrogen-bond donors (Lipinski definition) is 6. The number of nitrogens with two attached hydrogens (primary N) is 1. The molecular weight excluding hydrogens is 494 g/mol. The molecule has 0 saturated carbocycles. The van der Waals surface area contributed by atoms with Crippen LogP contribution in [0.2, 0.25) is 0 Å². The third-order valence-electron chi connectivity index (χ3n) is 6.55. The Kier molecular flexibility index (Phi) is 9.71. The number of esters is 1. The van der Waals surface area contributed by atoms with Crippen LogP contribution in [0.15, 0.2) is 18.2 Å². The number of aliphatic hydroxyl groups excluding tert-OH is 1. The predicted molar refractivity (Wildman–Crippen MR) is 131 cm³/mol. The van der Waals surface area contributed by atoms with Crippen LogP contribution in [0.3, 0.4) is 0 Å². The zero-order valence-electron chi connectivity index (χ0n) is 20.8. The maximum atomic E-state index is 13.1. The number of amides is 2. The number of rotatable bonds is 8. The number of phenols is 1. The van der Waals surface area contributed by atoms with Crippen molar-refractivity contribution in [1.82, 2.24) is 10.6 Å². The summed E-state index contributed by atoms with van der Waals surface area (Å²) in [5.74, 6) is -3.93. The summed E-state index contributed by atoms with van der Waals surface area (Å²) in [5.41, 5.74) is 6.03. The van der Waals surface area contributed by atoms with Gasteiger partial charge in [0.25, 0.3) is 5.91 Å². The van der Waals surface area contributed by atoms with Crippen molar-refractivity contribution in [1.29, 1.82) is 0 Å². The van der Waals surface area contributed by atoms with E-state index < -0.39 is 60.0 Å². The van der Waals surface area contributed by atoms with Gasteiger partial charge < -0.3 is 41.2 Å². The highest BCUT2D eigenvalue weighted by Gasteiger charge is 2.47. The molecule has 1 saturated heterocycles. The summed E-state index contributed by atoms with van der Waals surface area (Å²) in [6.45, 7) is 6.91. The van der Waals surface area contributed by atoms with Crippen molar-refractivity contribution >= 4 is 30.2 Å². The molecule has 2 aliphatic rings. The number of carbonyl (C=O) groups is 3. The molecule has 1 aromatic carbocycles. The van der Waals surface area contributed by atoms with Crippen LogP contribution in [0.1, 0.15) is 56.5 Å². The highest BCUT2D eigenvalue weighted by Crippen LogP contribution is 2.31. The van der Waals surface area contributed by atoms with Gasteiger partial charge in [-0.05, 0) is 37.8 Å². The fourth-order valence-electron chi connectivity index (χ4n) is 4.61. The van der Waals surface area contributed by atoms with E-state index in [-0.39, 0.29) is 42.5 Å². The van der Waals surface area contributed by atoms with Crippen LogP contribution in [0, 0.1) is 5.92 Å². The van der Waals surface area contributed by atoms with Gasteiger partial charge in [0.15, 0.2) is 11.9 Å². The molecular formula is C24H36ClN3O8. The van der Waals surface area contributed by atoms with Crippen molar-refractivity contribution in [2.75, 3.05) is 0 Å². The van der Waals surface area contributed by atoms with Gasteiger partial charge in [-0.15, -0.1) is 12.4 Å². The summed E-state index contributed by atoms with van der Waals surface area (Å²) in [4.78, 5) is 37.3. The number of aromatic hydroxyl groups is 1. The van der Waals surface area contributed by atoms with Crippen molar-refractivity contribution < 1.29 is 39.2 Å². The summed E-state index contributed by atoms with van der Waals surface area (Å²) in [6.07, 6.45) is -3.26. The summed E-state index contributed by atoms with van der Waals surface area (Å²) < 4.78 is 11.2. The summed E-state index contributed by atoms with van der Waals surface area (Å²) in [6, 6.07) is 2.69. The second-order valence-corrected chi connectivity index (χ2v) is 9.95.